The summed E-state index contributed by atoms with van der Waals surface area (Å²) < 4.78 is 0. The average molecular weight is 286 g/mol. The zero-order valence-corrected chi connectivity index (χ0v) is 12.2. The molecule has 1 aromatic carbocycles. The van der Waals surface area contributed by atoms with E-state index in [0.717, 1.165) is 31.2 Å². The van der Waals surface area contributed by atoms with Crippen LogP contribution in [0.15, 0.2) is 24.3 Å². The summed E-state index contributed by atoms with van der Waals surface area (Å²) in [4.78, 5) is 23.7. The van der Waals surface area contributed by atoms with Gasteiger partial charge in [-0.15, -0.1) is 0 Å². The molecular formula is C17H22N2O2. The van der Waals surface area contributed by atoms with E-state index in [2.05, 4.69) is 10.6 Å². The maximum absolute atomic E-state index is 12.1. The molecule has 0 unspecified atom stereocenters. The molecule has 2 amide bonds. The molecule has 2 fully saturated rings. The van der Waals surface area contributed by atoms with E-state index in [0.29, 0.717) is 18.2 Å². The molecule has 4 heteroatoms. The fourth-order valence-electron chi connectivity index (χ4n) is 2.79. The standard InChI is InChI=1S/C17H22N2O2/c20-16(13-9-10-13)18-11-12-5-7-14(8-6-12)17(21)19-15-3-1-2-4-15/h5-8,13,15H,1-4,9-11H2,(H,18,20)(H,19,21). The third-order valence-corrected chi connectivity index (χ3v) is 4.32. The van der Waals surface area contributed by atoms with Gasteiger partial charge in [-0.3, -0.25) is 9.59 Å². The van der Waals surface area contributed by atoms with Crippen molar-refractivity contribution in [3.8, 4) is 0 Å². The highest BCUT2D eigenvalue weighted by Crippen LogP contribution is 2.28. The number of amides is 2. The van der Waals surface area contributed by atoms with Gasteiger partial charge in [0, 0.05) is 24.1 Å². The van der Waals surface area contributed by atoms with Gasteiger partial charge in [-0.05, 0) is 43.4 Å². The summed E-state index contributed by atoms with van der Waals surface area (Å²) >= 11 is 0. The van der Waals surface area contributed by atoms with Crippen molar-refractivity contribution in [3.63, 3.8) is 0 Å². The Kier molecular flexibility index (Phi) is 4.23. The Labute approximate surface area is 125 Å². The van der Waals surface area contributed by atoms with E-state index >= 15 is 0 Å². The molecule has 2 saturated carbocycles. The first-order valence-electron chi connectivity index (χ1n) is 7.90. The first-order valence-corrected chi connectivity index (χ1v) is 7.90. The van der Waals surface area contributed by atoms with E-state index in [1.807, 2.05) is 24.3 Å². The molecule has 2 aliphatic carbocycles. The topological polar surface area (TPSA) is 58.2 Å². The molecule has 112 valence electrons. The summed E-state index contributed by atoms with van der Waals surface area (Å²) in [7, 11) is 0. The number of nitrogens with one attached hydrogen (secondary N) is 2. The van der Waals surface area contributed by atoms with Crippen LogP contribution in [0.5, 0.6) is 0 Å². The minimum absolute atomic E-state index is 0.00969. The number of hydrogen-bond acceptors (Lipinski definition) is 2. The molecule has 2 aliphatic rings. The number of carbonyl (C=O) groups is 2. The molecule has 0 bridgehead atoms. The van der Waals surface area contributed by atoms with E-state index in [-0.39, 0.29) is 17.7 Å². The normalized spacial score (nSPS) is 18.5. The first kappa shape index (κ1) is 14.1. The zero-order chi connectivity index (χ0) is 14.7. The summed E-state index contributed by atoms with van der Waals surface area (Å²) in [5.74, 6) is 0.398. The summed E-state index contributed by atoms with van der Waals surface area (Å²) in [5, 5.41) is 6.01. The molecule has 21 heavy (non-hydrogen) atoms. The summed E-state index contributed by atoms with van der Waals surface area (Å²) in [5.41, 5.74) is 1.72. The maximum Gasteiger partial charge on any atom is 0.251 e. The van der Waals surface area contributed by atoms with Gasteiger partial charge >= 0.3 is 0 Å². The molecule has 0 aromatic heterocycles. The molecule has 0 spiro atoms. The Morgan fingerprint density at radius 3 is 2.29 bits per heavy atom. The minimum atomic E-state index is 0.00969. The maximum atomic E-state index is 12.1. The van der Waals surface area contributed by atoms with Gasteiger partial charge in [0.05, 0.1) is 0 Å². The molecule has 2 N–H and O–H groups in total. The van der Waals surface area contributed by atoms with Crippen molar-refractivity contribution < 1.29 is 9.59 Å². The fraction of sp³-hybridized carbons (Fsp3) is 0.529. The second-order valence-electron chi connectivity index (χ2n) is 6.14. The van der Waals surface area contributed by atoms with Gasteiger partial charge in [0.1, 0.15) is 0 Å². The predicted molar refractivity (Wildman–Crippen MR) is 80.7 cm³/mol. The van der Waals surface area contributed by atoms with Crippen molar-refractivity contribution in [1.29, 1.82) is 0 Å². The lowest BCUT2D eigenvalue weighted by atomic mass is 10.1. The smallest absolute Gasteiger partial charge is 0.251 e. The lowest BCUT2D eigenvalue weighted by Gasteiger charge is -2.12. The van der Waals surface area contributed by atoms with Gasteiger partial charge in [-0.1, -0.05) is 25.0 Å². The molecule has 0 atom stereocenters. The van der Waals surface area contributed by atoms with Crippen molar-refractivity contribution in [2.24, 2.45) is 5.92 Å². The Morgan fingerprint density at radius 1 is 1.00 bits per heavy atom. The highest BCUT2D eigenvalue weighted by molar-refractivity contribution is 5.94. The van der Waals surface area contributed by atoms with Crippen molar-refractivity contribution in [2.45, 2.75) is 51.1 Å². The Hall–Kier alpha value is -1.84. The largest absolute Gasteiger partial charge is 0.352 e. The number of rotatable bonds is 5. The molecule has 0 saturated heterocycles. The third-order valence-electron chi connectivity index (χ3n) is 4.32. The van der Waals surface area contributed by atoms with Gasteiger partial charge in [0.15, 0.2) is 0 Å². The van der Waals surface area contributed by atoms with Gasteiger partial charge < -0.3 is 10.6 Å². The van der Waals surface area contributed by atoms with Gasteiger partial charge in [0.2, 0.25) is 5.91 Å². The van der Waals surface area contributed by atoms with E-state index in [1.54, 1.807) is 0 Å². The summed E-state index contributed by atoms with van der Waals surface area (Å²) in [6.45, 7) is 0.542. The molecule has 0 radical (unpaired) electrons. The summed E-state index contributed by atoms with van der Waals surface area (Å²) in [6.07, 6.45) is 6.65. The van der Waals surface area contributed by atoms with Crippen LogP contribution in [0.4, 0.5) is 0 Å². The van der Waals surface area contributed by atoms with Gasteiger partial charge in [-0.2, -0.15) is 0 Å². The second kappa shape index (κ2) is 6.29. The van der Waals surface area contributed by atoms with Crippen molar-refractivity contribution >= 4 is 11.8 Å². The van der Waals surface area contributed by atoms with Crippen LogP contribution in [-0.2, 0) is 11.3 Å². The minimum Gasteiger partial charge on any atom is -0.352 e. The summed E-state index contributed by atoms with van der Waals surface area (Å²) in [6, 6.07) is 7.84. The fourth-order valence-corrected chi connectivity index (χ4v) is 2.79. The van der Waals surface area contributed by atoms with Crippen LogP contribution in [0.1, 0.15) is 54.4 Å². The van der Waals surface area contributed by atoms with E-state index in [1.165, 1.54) is 12.8 Å². The van der Waals surface area contributed by atoms with Crippen LogP contribution < -0.4 is 10.6 Å². The quantitative estimate of drug-likeness (QED) is 0.873. The van der Waals surface area contributed by atoms with Crippen molar-refractivity contribution in [1.82, 2.24) is 10.6 Å². The number of hydrogen-bond donors (Lipinski definition) is 2. The lowest BCUT2D eigenvalue weighted by molar-refractivity contribution is -0.122. The van der Waals surface area contributed by atoms with Crippen LogP contribution in [0.25, 0.3) is 0 Å². The number of benzene rings is 1. The van der Waals surface area contributed by atoms with Crippen LogP contribution in [0.3, 0.4) is 0 Å². The lowest BCUT2D eigenvalue weighted by Crippen LogP contribution is -2.32. The van der Waals surface area contributed by atoms with Crippen LogP contribution in [-0.4, -0.2) is 17.9 Å². The number of carbonyl (C=O) groups excluding carboxylic acids is 2. The van der Waals surface area contributed by atoms with E-state index in [4.69, 9.17) is 0 Å². The van der Waals surface area contributed by atoms with Crippen LogP contribution in [0.2, 0.25) is 0 Å². The Morgan fingerprint density at radius 2 is 1.67 bits per heavy atom. The molecule has 0 heterocycles. The highest BCUT2D eigenvalue weighted by Gasteiger charge is 2.29. The van der Waals surface area contributed by atoms with E-state index in [9.17, 15) is 9.59 Å². The SMILES string of the molecule is O=C(NC1CCCC1)c1ccc(CNC(=O)C2CC2)cc1. The molecule has 0 aliphatic heterocycles. The van der Waals surface area contributed by atoms with Crippen molar-refractivity contribution in [3.05, 3.63) is 35.4 Å². The predicted octanol–water partition coefficient (Wildman–Crippen LogP) is 2.39. The Balaban J connectivity index is 1.50. The van der Waals surface area contributed by atoms with Crippen LogP contribution in [0, 0.1) is 5.92 Å². The first-order chi connectivity index (χ1) is 10.2. The van der Waals surface area contributed by atoms with Crippen LogP contribution >= 0.6 is 0 Å². The monoisotopic (exact) mass is 286 g/mol. The second-order valence-corrected chi connectivity index (χ2v) is 6.14. The molecule has 1 aromatic rings. The third kappa shape index (κ3) is 3.84. The average Bonchev–Trinajstić information content (AvgIpc) is 3.24. The molecule has 3 rings (SSSR count). The Bertz CT molecular complexity index is 514. The zero-order valence-electron chi connectivity index (χ0n) is 12.2. The van der Waals surface area contributed by atoms with Crippen molar-refractivity contribution in [2.75, 3.05) is 0 Å². The highest BCUT2D eigenvalue weighted by atomic mass is 16.2. The molecule has 4 nitrogen and oxygen atoms in total. The van der Waals surface area contributed by atoms with E-state index < -0.39 is 0 Å². The van der Waals surface area contributed by atoms with Gasteiger partial charge in [0.25, 0.3) is 5.91 Å². The molecular weight excluding hydrogens is 264 g/mol. The van der Waals surface area contributed by atoms with Gasteiger partial charge in [-0.25, -0.2) is 0 Å².